The van der Waals surface area contributed by atoms with E-state index in [0.717, 1.165) is 28.5 Å². The fourth-order valence-electron chi connectivity index (χ4n) is 4.01. The van der Waals surface area contributed by atoms with Gasteiger partial charge in [-0.25, -0.2) is 0 Å². The van der Waals surface area contributed by atoms with E-state index in [1.165, 1.54) is 13.4 Å². The molecule has 2 aromatic carbocycles. The molecule has 0 bridgehead atoms. The summed E-state index contributed by atoms with van der Waals surface area (Å²) in [7, 11) is 1.47. The smallest absolute Gasteiger partial charge is 0.259 e. The minimum Gasteiger partial charge on any atom is -0.490 e. The third-order valence-corrected chi connectivity index (χ3v) is 6.97. The molecule has 0 aliphatic carbocycles. The van der Waals surface area contributed by atoms with Gasteiger partial charge in [0.05, 0.1) is 31.4 Å². The van der Waals surface area contributed by atoms with E-state index in [1.54, 1.807) is 12.1 Å². The second-order valence-electron chi connectivity index (χ2n) is 8.22. The van der Waals surface area contributed by atoms with Crippen molar-refractivity contribution >= 4 is 35.1 Å². The van der Waals surface area contributed by atoms with E-state index in [1.807, 2.05) is 62.4 Å². The molecule has 7 nitrogen and oxygen atoms in total. The quantitative estimate of drug-likeness (QED) is 0.411. The van der Waals surface area contributed by atoms with Crippen molar-refractivity contribution in [2.24, 2.45) is 0 Å². The molecule has 1 unspecified atom stereocenters. The number of methoxy groups -OCH3 is 1. The number of ether oxygens (including phenoxy) is 1. The van der Waals surface area contributed by atoms with Crippen LogP contribution in [0.1, 0.15) is 29.0 Å². The number of hydrogen-bond donors (Lipinski definition) is 2. The van der Waals surface area contributed by atoms with E-state index < -0.39 is 11.8 Å². The predicted molar refractivity (Wildman–Crippen MR) is 140 cm³/mol. The number of para-hydroxylation sites is 1. The number of carbonyl (C=O) groups excluding carboxylic acids is 2. The Kier molecular flexibility index (Phi) is 7.62. The maximum Gasteiger partial charge on any atom is 0.259 e. The summed E-state index contributed by atoms with van der Waals surface area (Å²) in [6.45, 7) is 3.86. The Hall–Kier alpha value is -4.22. The van der Waals surface area contributed by atoms with Crippen LogP contribution in [0, 0.1) is 25.2 Å². The van der Waals surface area contributed by atoms with Crippen LogP contribution in [0.25, 0.3) is 0 Å². The lowest BCUT2D eigenvalue weighted by atomic mass is 9.82. The van der Waals surface area contributed by atoms with Gasteiger partial charge in [-0.3, -0.25) is 14.9 Å². The molecule has 2 heterocycles. The van der Waals surface area contributed by atoms with Crippen molar-refractivity contribution < 1.29 is 18.7 Å². The summed E-state index contributed by atoms with van der Waals surface area (Å²) in [6, 6.07) is 20.5. The molecule has 2 N–H and O–H groups in total. The third-order valence-electron chi connectivity index (χ3n) is 5.79. The lowest BCUT2D eigenvalue weighted by Crippen LogP contribution is -2.30. The standard InChI is InChI=1S/C28H25N3O4S/c1-17-10-12-19(13-11-17)23-24(26(32)30-20-8-5-4-7-18(20)2)21(14-15-29)36-28(34-3)25(23)27(33)31-22-9-6-16-35-22/h4-13,16,23H,14H2,1-3H3,(H,30,32)(H,31,33). The first-order valence-corrected chi connectivity index (χ1v) is 12.1. The zero-order valence-electron chi connectivity index (χ0n) is 20.1. The van der Waals surface area contributed by atoms with Gasteiger partial charge in [-0.05, 0) is 37.1 Å². The van der Waals surface area contributed by atoms with Gasteiger partial charge in [0.25, 0.3) is 11.8 Å². The third kappa shape index (κ3) is 5.21. The van der Waals surface area contributed by atoms with E-state index in [4.69, 9.17) is 9.15 Å². The molecule has 0 fully saturated rings. The number of thioether (sulfide) groups is 1. The van der Waals surface area contributed by atoms with Crippen molar-refractivity contribution in [1.29, 1.82) is 5.26 Å². The number of nitriles is 1. The molecule has 1 aliphatic rings. The van der Waals surface area contributed by atoms with Gasteiger partial charge < -0.3 is 14.5 Å². The van der Waals surface area contributed by atoms with Crippen LogP contribution >= 0.6 is 11.8 Å². The number of rotatable bonds is 7. The molecule has 0 saturated carbocycles. The van der Waals surface area contributed by atoms with Gasteiger partial charge in [-0.2, -0.15) is 5.26 Å². The highest BCUT2D eigenvalue weighted by Gasteiger charge is 2.40. The van der Waals surface area contributed by atoms with Crippen LogP contribution < -0.4 is 10.6 Å². The number of nitrogens with one attached hydrogen (secondary N) is 2. The predicted octanol–water partition coefficient (Wildman–Crippen LogP) is 6.03. The number of allylic oxidation sites excluding steroid dienone is 1. The number of benzene rings is 2. The van der Waals surface area contributed by atoms with E-state index >= 15 is 0 Å². The summed E-state index contributed by atoms with van der Waals surface area (Å²) in [4.78, 5) is 27.9. The van der Waals surface area contributed by atoms with Gasteiger partial charge in [-0.15, -0.1) is 0 Å². The molecule has 2 amide bonds. The van der Waals surface area contributed by atoms with Crippen LogP contribution in [0.3, 0.4) is 0 Å². The Morgan fingerprint density at radius 2 is 1.72 bits per heavy atom. The van der Waals surface area contributed by atoms with Crippen molar-refractivity contribution in [3.05, 3.63) is 105 Å². The first kappa shape index (κ1) is 24.9. The SMILES string of the molecule is COC1=C(C(=O)Nc2ccco2)C(c2ccc(C)cc2)C(C(=O)Nc2ccccc2C)=C(CC#N)S1. The topological polar surface area (TPSA) is 104 Å². The first-order chi connectivity index (χ1) is 17.4. The second-order valence-corrected chi connectivity index (χ2v) is 9.29. The fourth-order valence-corrected chi connectivity index (χ4v) is 5.09. The average molecular weight is 500 g/mol. The van der Waals surface area contributed by atoms with Crippen molar-refractivity contribution in [3.8, 4) is 6.07 Å². The van der Waals surface area contributed by atoms with E-state index in [-0.39, 0.29) is 23.8 Å². The molecule has 1 aliphatic heterocycles. The molecule has 8 heteroatoms. The highest BCUT2D eigenvalue weighted by atomic mass is 32.2. The number of furan rings is 1. The van der Waals surface area contributed by atoms with Gasteiger partial charge in [0, 0.05) is 28.1 Å². The van der Waals surface area contributed by atoms with Gasteiger partial charge in [0.2, 0.25) is 0 Å². The van der Waals surface area contributed by atoms with Crippen LogP contribution in [-0.4, -0.2) is 18.9 Å². The highest BCUT2D eigenvalue weighted by molar-refractivity contribution is 8.06. The minimum atomic E-state index is -0.774. The molecule has 4 rings (SSSR count). The van der Waals surface area contributed by atoms with Crippen LogP contribution in [0.2, 0.25) is 0 Å². The van der Waals surface area contributed by atoms with Crippen molar-refractivity contribution in [1.82, 2.24) is 0 Å². The minimum absolute atomic E-state index is 0.0104. The number of nitrogens with zero attached hydrogens (tertiary/aromatic N) is 1. The largest absolute Gasteiger partial charge is 0.490 e. The molecule has 1 aromatic heterocycles. The number of amides is 2. The van der Waals surface area contributed by atoms with Crippen LogP contribution in [0.5, 0.6) is 0 Å². The number of carbonyl (C=O) groups is 2. The normalized spacial score (nSPS) is 15.3. The zero-order chi connectivity index (χ0) is 25.7. The average Bonchev–Trinajstić information content (AvgIpc) is 3.38. The van der Waals surface area contributed by atoms with E-state index in [0.29, 0.717) is 21.3 Å². The maximum absolute atomic E-state index is 13.8. The number of hydrogen-bond acceptors (Lipinski definition) is 6. The zero-order valence-corrected chi connectivity index (χ0v) is 20.9. The lowest BCUT2D eigenvalue weighted by Gasteiger charge is -2.30. The Balaban J connectivity index is 1.86. The van der Waals surface area contributed by atoms with Crippen LogP contribution in [-0.2, 0) is 14.3 Å². The molecule has 36 heavy (non-hydrogen) atoms. The molecule has 0 spiro atoms. The van der Waals surface area contributed by atoms with Gasteiger partial charge >= 0.3 is 0 Å². The molecule has 3 aromatic rings. The molecular formula is C28H25N3O4S. The fraction of sp³-hybridized carbons (Fsp3) is 0.179. The summed E-state index contributed by atoms with van der Waals surface area (Å²) in [5.41, 5.74) is 3.91. The molecular weight excluding hydrogens is 474 g/mol. The van der Waals surface area contributed by atoms with Gasteiger partial charge in [0.15, 0.2) is 11.0 Å². The molecule has 0 radical (unpaired) electrons. The second kappa shape index (κ2) is 11.0. The summed E-state index contributed by atoms with van der Waals surface area (Å²) in [6.07, 6.45) is 1.45. The van der Waals surface area contributed by atoms with E-state index in [9.17, 15) is 14.9 Å². The molecule has 182 valence electrons. The summed E-state index contributed by atoms with van der Waals surface area (Å²) < 4.78 is 10.9. The first-order valence-electron chi connectivity index (χ1n) is 11.3. The Labute approximate surface area is 213 Å². The number of aryl methyl sites for hydroxylation is 2. The molecule has 0 saturated heterocycles. The van der Waals surface area contributed by atoms with Crippen LogP contribution in [0.4, 0.5) is 11.6 Å². The highest BCUT2D eigenvalue weighted by Crippen LogP contribution is 2.49. The van der Waals surface area contributed by atoms with Crippen LogP contribution in [0.15, 0.2) is 92.5 Å². The Bertz CT molecular complexity index is 1380. The Morgan fingerprint density at radius 1 is 1.00 bits per heavy atom. The van der Waals surface area contributed by atoms with Crippen molar-refractivity contribution in [3.63, 3.8) is 0 Å². The summed E-state index contributed by atoms with van der Waals surface area (Å²) in [5.74, 6) is -1.35. The summed E-state index contributed by atoms with van der Waals surface area (Å²) in [5, 5.41) is 15.6. The summed E-state index contributed by atoms with van der Waals surface area (Å²) >= 11 is 1.12. The number of anilines is 2. The molecule has 1 atom stereocenters. The maximum atomic E-state index is 13.8. The monoisotopic (exact) mass is 499 g/mol. The van der Waals surface area contributed by atoms with Gasteiger partial charge in [-0.1, -0.05) is 59.8 Å². The van der Waals surface area contributed by atoms with Crippen molar-refractivity contribution in [2.45, 2.75) is 26.2 Å². The van der Waals surface area contributed by atoms with Crippen molar-refractivity contribution in [2.75, 3.05) is 17.7 Å². The van der Waals surface area contributed by atoms with Gasteiger partial charge in [0.1, 0.15) is 0 Å². The Morgan fingerprint density at radius 3 is 2.36 bits per heavy atom. The van der Waals surface area contributed by atoms with E-state index in [2.05, 4.69) is 16.7 Å². The lowest BCUT2D eigenvalue weighted by molar-refractivity contribution is -0.113.